The van der Waals surface area contributed by atoms with Crippen LogP contribution in [0.5, 0.6) is 5.75 Å². The normalized spacial score (nSPS) is 18.7. The van der Waals surface area contributed by atoms with Gasteiger partial charge in [-0.3, -0.25) is 14.7 Å². The highest BCUT2D eigenvalue weighted by molar-refractivity contribution is 5.94. The number of amides is 1. The van der Waals surface area contributed by atoms with E-state index in [2.05, 4.69) is 29.0 Å². The van der Waals surface area contributed by atoms with Gasteiger partial charge < -0.3 is 10.1 Å². The number of pyridine rings is 1. The third kappa shape index (κ3) is 5.79. The number of likely N-dealkylation sites (tertiary alicyclic amines) is 1. The molecule has 144 valence electrons. The summed E-state index contributed by atoms with van der Waals surface area (Å²) in [6.07, 6.45) is 6.07. The van der Waals surface area contributed by atoms with Crippen LogP contribution < -0.4 is 10.1 Å². The summed E-state index contributed by atoms with van der Waals surface area (Å²) in [6, 6.07) is 11.5. The topological polar surface area (TPSA) is 54.5 Å². The minimum absolute atomic E-state index is 0.0567. The summed E-state index contributed by atoms with van der Waals surface area (Å²) in [5, 5.41) is 3.07. The second kappa shape index (κ2) is 9.51. The van der Waals surface area contributed by atoms with Crippen LogP contribution in [0.2, 0.25) is 0 Å². The molecule has 2 heterocycles. The van der Waals surface area contributed by atoms with E-state index in [1.807, 2.05) is 30.3 Å². The monoisotopic (exact) mass is 367 g/mol. The molecule has 5 heteroatoms. The first-order valence-corrected chi connectivity index (χ1v) is 9.76. The molecule has 1 saturated heterocycles. The van der Waals surface area contributed by atoms with Gasteiger partial charge in [0.05, 0.1) is 0 Å². The van der Waals surface area contributed by atoms with Crippen molar-refractivity contribution in [1.82, 2.24) is 15.2 Å². The second-order valence-corrected chi connectivity index (χ2v) is 7.48. The van der Waals surface area contributed by atoms with Crippen LogP contribution in [0.3, 0.4) is 0 Å². The van der Waals surface area contributed by atoms with Gasteiger partial charge in [0.15, 0.2) is 0 Å². The number of hydrogen-bond acceptors (Lipinski definition) is 4. The highest BCUT2D eigenvalue weighted by Crippen LogP contribution is 2.18. The van der Waals surface area contributed by atoms with Crippen molar-refractivity contribution >= 4 is 5.91 Å². The van der Waals surface area contributed by atoms with Gasteiger partial charge in [0.25, 0.3) is 5.91 Å². The van der Waals surface area contributed by atoms with Gasteiger partial charge in [-0.1, -0.05) is 19.1 Å². The third-order valence-corrected chi connectivity index (χ3v) is 5.09. The largest absolute Gasteiger partial charge is 0.489 e. The van der Waals surface area contributed by atoms with Gasteiger partial charge in [-0.05, 0) is 56.5 Å². The van der Waals surface area contributed by atoms with Gasteiger partial charge in [-0.15, -0.1) is 0 Å². The molecule has 5 nitrogen and oxygen atoms in total. The number of nitrogens with one attached hydrogen (secondary N) is 1. The fourth-order valence-electron chi connectivity index (χ4n) is 3.47. The lowest BCUT2D eigenvalue weighted by atomic mass is 9.99. The Kier molecular flexibility index (Phi) is 6.82. The molecule has 0 bridgehead atoms. The molecule has 1 aromatic heterocycles. The van der Waals surface area contributed by atoms with Crippen molar-refractivity contribution in [3.05, 3.63) is 59.9 Å². The number of carbonyl (C=O) groups is 1. The second-order valence-electron chi connectivity index (χ2n) is 7.48. The summed E-state index contributed by atoms with van der Waals surface area (Å²) in [4.78, 5) is 19.1. The van der Waals surface area contributed by atoms with E-state index in [4.69, 9.17) is 4.74 Å². The van der Waals surface area contributed by atoms with Crippen molar-refractivity contribution in [3.8, 4) is 5.75 Å². The van der Waals surface area contributed by atoms with Crippen molar-refractivity contribution in [1.29, 1.82) is 0 Å². The number of ether oxygens (including phenoxy) is 1. The van der Waals surface area contributed by atoms with Gasteiger partial charge in [-0.25, -0.2) is 0 Å². The van der Waals surface area contributed by atoms with Gasteiger partial charge >= 0.3 is 0 Å². The van der Waals surface area contributed by atoms with Crippen LogP contribution in [0, 0.1) is 5.92 Å². The molecule has 1 fully saturated rings. The average Bonchev–Trinajstić information content (AvgIpc) is 2.71. The Bertz CT molecular complexity index is 735. The Morgan fingerprint density at radius 3 is 3.04 bits per heavy atom. The fourth-order valence-corrected chi connectivity index (χ4v) is 3.47. The summed E-state index contributed by atoms with van der Waals surface area (Å²) < 4.78 is 5.79. The maximum Gasteiger partial charge on any atom is 0.251 e. The Labute approximate surface area is 161 Å². The number of hydrogen-bond donors (Lipinski definition) is 1. The number of carbonyl (C=O) groups excluding carboxylic acids is 1. The maximum absolute atomic E-state index is 12.5. The van der Waals surface area contributed by atoms with E-state index in [9.17, 15) is 4.79 Å². The van der Waals surface area contributed by atoms with Gasteiger partial charge in [-0.2, -0.15) is 0 Å². The van der Waals surface area contributed by atoms with E-state index in [1.165, 1.54) is 12.8 Å². The van der Waals surface area contributed by atoms with Crippen molar-refractivity contribution < 1.29 is 9.53 Å². The van der Waals surface area contributed by atoms with Gasteiger partial charge in [0.2, 0.25) is 0 Å². The zero-order valence-corrected chi connectivity index (χ0v) is 16.2. The molecule has 0 saturated carbocycles. The Morgan fingerprint density at radius 2 is 2.26 bits per heavy atom. The predicted molar refractivity (Wildman–Crippen MR) is 107 cm³/mol. The summed E-state index contributed by atoms with van der Waals surface area (Å²) in [5.74, 6) is 1.37. The van der Waals surface area contributed by atoms with Crippen molar-refractivity contribution in [2.75, 3.05) is 19.6 Å². The summed E-state index contributed by atoms with van der Waals surface area (Å²) in [5.41, 5.74) is 1.62. The van der Waals surface area contributed by atoms with Gasteiger partial charge in [0.1, 0.15) is 12.4 Å². The van der Waals surface area contributed by atoms with E-state index < -0.39 is 0 Å². The van der Waals surface area contributed by atoms with E-state index in [-0.39, 0.29) is 5.91 Å². The first-order chi connectivity index (χ1) is 13.1. The molecule has 2 aromatic rings. The highest BCUT2D eigenvalue weighted by Gasteiger charge is 2.21. The molecular weight excluding hydrogens is 338 g/mol. The number of benzene rings is 1. The van der Waals surface area contributed by atoms with E-state index in [0.717, 1.165) is 24.6 Å². The van der Waals surface area contributed by atoms with E-state index in [1.54, 1.807) is 18.5 Å². The van der Waals surface area contributed by atoms with Crippen molar-refractivity contribution in [2.45, 2.75) is 39.3 Å². The molecule has 0 aliphatic carbocycles. The molecule has 1 N–H and O–H groups in total. The minimum Gasteiger partial charge on any atom is -0.489 e. The van der Waals surface area contributed by atoms with Crippen LogP contribution in [-0.4, -0.2) is 41.5 Å². The van der Waals surface area contributed by atoms with Crippen LogP contribution in [0.25, 0.3) is 0 Å². The molecule has 27 heavy (non-hydrogen) atoms. The standard InChI is InChI=1S/C22H29N3O2/c1-17-6-5-11-25(15-17)18(2)13-24-22(26)20-8-3-9-21(12-20)27-16-19-7-4-10-23-14-19/h3-4,7-10,12,14,17-18H,5-6,11,13,15-16H2,1-2H3,(H,24,26). The molecule has 1 aromatic carbocycles. The first kappa shape index (κ1) is 19.4. The molecular formula is C22H29N3O2. The molecule has 0 spiro atoms. The summed E-state index contributed by atoms with van der Waals surface area (Å²) in [6.45, 7) is 7.82. The summed E-state index contributed by atoms with van der Waals surface area (Å²) in [7, 11) is 0. The van der Waals surface area contributed by atoms with Crippen molar-refractivity contribution in [3.63, 3.8) is 0 Å². The number of nitrogens with zero attached hydrogens (tertiary/aromatic N) is 2. The zero-order chi connectivity index (χ0) is 19.1. The molecule has 0 radical (unpaired) electrons. The Hall–Kier alpha value is -2.40. The third-order valence-electron chi connectivity index (χ3n) is 5.09. The van der Waals surface area contributed by atoms with E-state index >= 15 is 0 Å². The molecule has 1 amide bonds. The summed E-state index contributed by atoms with van der Waals surface area (Å²) >= 11 is 0. The number of aromatic nitrogens is 1. The first-order valence-electron chi connectivity index (χ1n) is 9.76. The lowest BCUT2D eigenvalue weighted by molar-refractivity contribution is 0.0917. The zero-order valence-electron chi connectivity index (χ0n) is 16.2. The molecule has 2 atom stereocenters. The number of rotatable bonds is 7. The van der Waals surface area contributed by atoms with Crippen LogP contribution in [0.15, 0.2) is 48.8 Å². The molecule has 2 unspecified atom stereocenters. The Morgan fingerprint density at radius 1 is 1.37 bits per heavy atom. The van der Waals surface area contributed by atoms with Gasteiger partial charge in [0, 0.05) is 42.7 Å². The quantitative estimate of drug-likeness (QED) is 0.814. The molecule has 3 rings (SSSR count). The van der Waals surface area contributed by atoms with Crippen molar-refractivity contribution in [2.24, 2.45) is 5.92 Å². The van der Waals surface area contributed by atoms with Crippen LogP contribution in [0.4, 0.5) is 0 Å². The predicted octanol–water partition coefficient (Wildman–Crippen LogP) is 3.51. The molecule has 1 aliphatic heterocycles. The van der Waals surface area contributed by atoms with E-state index in [0.29, 0.717) is 30.5 Å². The lowest BCUT2D eigenvalue weighted by Crippen LogP contribution is -2.46. The Balaban J connectivity index is 1.50. The molecule has 1 aliphatic rings. The SMILES string of the molecule is CC1CCCN(C(C)CNC(=O)c2cccc(OCc3cccnc3)c2)C1. The van der Waals surface area contributed by atoms with Crippen LogP contribution >= 0.6 is 0 Å². The smallest absolute Gasteiger partial charge is 0.251 e. The van der Waals surface area contributed by atoms with Crippen LogP contribution in [-0.2, 0) is 6.61 Å². The lowest BCUT2D eigenvalue weighted by Gasteiger charge is -2.35. The number of piperidine rings is 1. The fraction of sp³-hybridized carbons (Fsp3) is 0.455. The average molecular weight is 367 g/mol. The van der Waals surface area contributed by atoms with Crippen LogP contribution in [0.1, 0.15) is 42.6 Å². The highest BCUT2D eigenvalue weighted by atomic mass is 16.5. The minimum atomic E-state index is -0.0567. The maximum atomic E-state index is 12.5.